The summed E-state index contributed by atoms with van der Waals surface area (Å²) in [4.78, 5) is 15.8. The van der Waals surface area contributed by atoms with Gasteiger partial charge in [0.2, 0.25) is 0 Å². The van der Waals surface area contributed by atoms with E-state index in [2.05, 4.69) is 11.8 Å². The molecule has 0 radical (unpaired) electrons. The number of carbonyl (C=O) groups is 1. The van der Waals surface area contributed by atoms with E-state index < -0.39 is 16.0 Å². The van der Waals surface area contributed by atoms with E-state index >= 15 is 0 Å². The van der Waals surface area contributed by atoms with Gasteiger partial charge in [-0.25, -0.2) is 17.6 Å². The molecular weight excluding hydrogens is 439 g/mol. The molecule has 1 aromatic carbocycles. The van der Waals surface area contributed by atoms with E-state index in [-0.39, 0.29) is 21.6 Å². The summed E-state index contributed by atoms with van der Waals surface area (Å²) in [5.41, 5.74) is 2.08. The number of nitrogens with zero attached hydrogens (tertiary/aromatic N) is 2. The summed E-state index contributed by atoms with van der Waals surface area (Å²) in [5.74, 6) is -0.831. The van der Waals surface area contributed by atoms with Gasteiger partial charge in [0.25, 0.3) is 10.0 Å². The van der Waals surface area contributed by atoms with Crippen molar-refractivity contribution < 1.29 is 22.3 Å². The van der Waals surface area contributed by atoms with Gasteiger partial charge in [-0.15, -0.1) is 11.3 Å². The molecule has 2 aliphatic heterocycles. The second-order valence-corrected chi connectivity index (χ2v) is 11.4. The van der Waals surface area contributed by atoms with E-state index in [4.69, 9.17) is 4.74 Å². The predicted molar refractivity (Wildman–Crippen MR) is 117 cm³/mol. The SMILES string of the molecule is COC(=O)c1c(S(=O)(=O)N2CCCC2)sc2c1CCN(C(C)Cc1ccc(F)cc1)C2. The number of methoxy groups -OCH3 is 1. The van der Waals surface area contributed by atoms with Crippen LogP contribution in [-0.2, 0) is 34.1 Å². The molecule has 1 fully saturated rings. The quantitative estimate of drug-likeness (QED) is 0.610. The van der Waals surface area contributed by atoms with Gasteiger partial charge < -0.3 is 4.74 Å². The standard InChI is InChI=1S/C22H27FN2O4S2/c1-15(13-16-5-7-17(23)8-6-16)24-12-9-18-19(14-24)30-22(20(18)21(26)29-2)31(27,28)25-10-3-4-11-25/h5-8,15H,3-4,9-14H2,1-2H3. The summed E-state index contributed by atoms with van der Waals surface area (Å²) >= 11 is 1.21. The third kappa shape index (κ3) is 4.41. The maximum Gasteiger partial charge on any atom is 0.340 e. The van der Waals surface area contributed by atoms with Crippen LogP contribution in [0.15, 0.2) is 28.5 Å². The number of esters is 1. The molecule has 1 atom stereocenters. The van der Waals surface area contributed by atoms with Crippen LogP contribution in [0.4, 0.5) is 4.39 Å². The average Bonchev–Trinajstić information content (AvgIpc) is 3.43. The lowest BCUT2D eigenvalue weighted by Crippen LogP contribution is -2.38. The molecule has 2 aliphatic rings. The normalized spacial score (nSPS) is 18.7. The van der Waals surface area contributed by atoms with Crippen molar-refractivity contribution in [3.05, 3.63) is 51.7 Å². The number of hydrogen-bond donors (Lipinski definition) is 0. The molecule has 31 heavy (non-hydrogen) atoms. The Morgan fingerprint density at radius 1 is 1.19 bits per heavy atom. The Labute approximate surface area is 186 Å². The number of ether oxygens (including phenoxy) is 1. The Morgan fingerprint density at radius 2 is 1.87 bits per heavy atom. The van der Waals surface area contributed by atoms with Crippen molar-refractivity contribution in [1.29, 1.82) is 0 Å². The van der Waals surface area contributed by atoms with Crippen molar-refractivity contribution in [3.63, 3.8) is 0 Å². The highest BCUT2D eigenvalue weighted by Gasteiger charge is 2.38. The topological polar surface area (TPSA) is 66.9 Å². The summed E-state index contributed by atoms with van der Waals surface area (Å²) in [7, 11) is -2.42. The van der Waals surface area contributed by atoms with Crippen molar-refractivity contribution in [1.82, 2.24) is 9.21 Å². The number of sulfonamides is 1. The Bertz CT molecular complexity index is 1060. The van der Waals surface area contributed by atoms with Gasteiger partial charge in [-0.2, -0.15) is 4.31 Å². The van der Waals surface area contributed by atoms with Gasteiger partial charge in [-0.05, 0) is 55.9 Å². The van der Waals surface area contributed by atoms with Gasteiger partial charge in [0.1, 0.15) is 10.0 Å². The van der Waals surface area contributed by atoms with Gasteiger partial charge in [0.05, 0.1) is 12.7 Å². The van der Waals surface area contributed by atoms with Gasteiger partial charge in [0.15, 0.2) is 0 Å². The number of thiophene rings is 1. The fourth-order valence-electron chi connectivity index (χ4n) is 4.40. The summed E-state index contributed by atoms with van der Waals surface area (Å²) in [6, 6.07) is 6.72. The van der Waals surface area contributed by atoms with Gasteiger partial charge in [0, 0.05) is 37.1 Å². The molecule has 2 aromatic rings. The third-order valence-electron chi connectivity index (χ3n) is 6.15. The zero-order chi connectivity index (χ0) is 22.2. The summed E-state index contributed by atoms with van der Waals surface area (Å²) in [6.45, 7) is 4.41. The Kier molecular flexibility index (Phi) is 6.48. The Hall–Kier alpha value is -1.81. The minimum absolute atomic E-state index is 0.124. The van der Waals surface area contributed by atoms with Crippen LogP contribution in [0.3, 0.4) is 0 Å². The van der Waals surface area contributed by atoms with Crippen LogP contribution >= 0.6 is 11.3 Å². The molecule has 4 rings (SSSR count). The molecule has 0 saturated carbocycles. The second-order valence-electron chi connectivity index (χ2n) is 8.17. The van der Waals surface area contributed by atoms with Crippen LogP contribution in [0.5, 0.6) is 0 Å². The smallest absolute Gasteiger partial charge is 0.340 e. The molecule has 0 aliphatic carbocycles. The molecule has 1 saturated heterocycles. The second kappa shape index (κ2) is 8.97. The van der Waals surface area contributed by atoms with Gasteiger partial charge in [-0.1, -0.05) is 12.1 Å². The molecule has 0 bridgehead atoms. The monoisotopic (exact) mass is 466 g/mol. The average molecular weight is 467 g/mol. The molecule has 0 spiro atoms. The number of carbonyl (C=O) groups excluding carboxylic acids is 1. The van der Waals surface area contributed by atoms with Crippen molar-refractivity contribution in [2.24, 2.45) is 0 Å². The maximum absolute atomic E-state index is 13.3. The molecule has 6 nitrogen and oxygen atoms in total. The third-order valence-corrected chi connectivity index (χ3v) is 9.76. The Balaban J connectivity index is 1.61. The molecular formula is C22H27FN2O4S2. The van der Waals surface area contributed by atoms with Crippen molar-refractivity contribution in [3.8, 4) is 0 Å². The molecule has 9 heteroatoms. The number of fused-ring (bicyclic) bond motifs is 1. The number of rotatable bonds is 6. The highest BCUT2D eigenvalue weighted by atomic mass is 32.2. The molecule has 0 N–H and O–H groups in total. The van der Waals surface area contributed by atoms with E-state index in [9.17, 15) is 17.6 Å². The van der Waals surface area contributed by atoms with Crippen molar-refractivity contribution >= 4 is 27.3 Å². The van der Waals surface area contributed by atoms with Crippen LogP contribution in [0.25, 0.3) is 0 Å². The predicted octanol–water partition coefficient (Wildman–Crippen LogP) is 3.45. The van der Waals surface area contributed by atoms with Crippen molar-refractivity contribution in [2.75, 3.05) is 26.7 Å². The first-order valence-electron chi connectivity index (χ1n) is 10.5. The summed E-state index contributed by atoms with van der Waals surface area (Å²) in [6.07, 6.45) is 3.04. The van der Waals surface area contributed by atoms with E-state index in [1.54, 1.807) is 12.1 Å². The van der Waals surface area contributed by atoms with Crippen LogP contribution < -0.4 is 0 Å². The molecule has 3 heterocycles. The zero-order valence-corrected chi connectivity index (χ0v) is 19.4. The molecule has 1 aromatic heterocycles. The number of benzene rings is 1. The highest BCUT2D eigenvalue weighted by Crippen LogP contribution is 2.39. The van der Waals surface area contributed by atoms with E-state index in [1.807, 2.05) is 0 Å². The van der Waals surface area contributed by atoms with Crippen LogP contribution in [-0.4, -0.2) is 56.4 Å². The molecule has 0 amide bonds. The first-order valence-corrected chi connectivity index (χ1v) is 12.8. The molecule has 1 unspecified atom stereocenters. The van der Waals surface area contributed by atoms with E-state index in [0.717, 1.165) is 41.8 Å². The van der Waals surface area contributed by atoms with E-state index in [0.29, 0.717) is 26.1 Å². The number of halogens is 1. The van der Waals surface area contributed by atoms with Crippen LogP contribution in [0.2, 0.25) is 0 Å². The maximum atomic E-state index is 13.3. The minimum atomic E-state index is -3.71. The van der Waals surface area contributed by atoms with Crippen LogP contribution in [0, 0.1) is 5.82 Å². The number of hydrogen-bond acceptors (Lipinski definition) is 6. The largest absolute Gasteiger partial charge is 0.465 e. The Morgan fingerprint density at radius 3 is 2.52 bits per heavy atom. The summed E-state index contributed by atoms with van der Waals surface area (Å²) < 4.78 is 46.3. The lowest BCUT2D eigenvalue weighted by molar-refractivity contribution is 0.0595. The lowest BCUT2D eigenvalue weighted by Gasteiger charge is -2.32. The first-order chi connectivity index (χ1) is 14.8. The first kappa shape index (κ1) is 22.4. The minimum Gasteiger partial charge on any atom is -0.465 e. The fraction of sp³-hybridized carbons (Fsp3) is 0.500. The highest BCUT2D eigenvalue weighted by molar-refractivity contribution is 7.91. The van der Waals surface area contributed by atoms with Crippen LogP contribution in [0.1, 0.15) is 46.1 Å². The van der Waals surface area contributed by atoms with Crippen molar-refractivity contribution in [2.45, 2.75) is 49.4 Å². The summed E-state index contributed by atoms with van der Waals surface area (Å²) in [5, 5.41) is 0. The van der Waals surface area contributed by atoms with Gasteiger partial charge in [-0.3, -0.25) is 4.90 Å². The fourth-order valence-corrected chi connectivity index (χ4v) is 7.97. The van der Waals surface area contributed by atoms with Gasteiger partial charge >= 0.3 is 5.97 Å². The lowest BCUT2D eigenvalue weighted by atomic mass is 10.00. The zero-order valence-electron chi connectivity index (χ0n) is 17.8. The van der Waals surface area contributed by atoms with E-state index in [1.165, 1.54) is 34.9 Å². The molecule has 168 valence electrons.